The highest BCUT2D eigenvalue weighted by Crippen LogP contribution is 2.39. The average Bonchev–Trinajstić information content (AvgIpc) is 3.07. The summed E-state index contributed by atoms with van der Waals surface area (Å²) in [5.41, 5.74) is 1.71. The van der Waals surface area contributed by atoms with Crippen LogP contribution in [0, 0.1) is 5.92 Å². The van der Waals surface area contributed by atoms with E-state index in [1.54, 1.807) is 0 Å². The molecule has 0 aliphatic carbocycles. The highest BCUT2D eigenvalue weighted by molar-refractivity contribution is 5.69. The second kappa shape index (κ2) is 20.1. The Bertz CT molecular complexity index is 1060. The van der Waals surface area contributed by atoms with Crippen molar-refractivity contribution in [3.8, 4) is 0 Å². The zero-order valence-corrected chi connectivity index (χ0v) is 27.5. The maximum absolute atomic E-state index is 12.5. The zero-order valence-electron chi connectivity index (χ0n) is 27.5. The molecule has 6 atom stereocenters. The number of carbonyl (C=O) groups is 1. The van der Waals surface area contributed by atoms with Gasteiger partial charge in [-0.15, -0.1) is 0 Å². The topological polar surface area (TPSA) is 83.5 Å². The Kier molecular flexibility index (Phi) is 15.8. The van der Waals surface area contributed by atoms with E-state index in [9.17, 15) is 9.90 Å². The first-order valence-electron chi connectivity index (χ1n) is 17.5. The van der Waals surface area contributed by atoms with Crippen LogP contribution in [0.25, 0.3) is 0 Å². The average molecular weight is 625 g/mol. The van der Waals surface area contributed by atoms with Crippen LogP contribution in [0.2, 0.25) is 0 Å². The Balaban J connectivity index is 1.13. The van der Waals surface area contributed by atoms with Crippen LogP contribution >= 0.6 is 0 Å². The van der Waals surface area contributed by atoms with Crippen molar-refractivity contribution in [3.05, 3.63) is 71.8 Å². The Hall–Kier alpha value is -2.29. The van der Waals surface area contributed by atoms with Crippen LogP contribution in [0.5, 0.6) is 0 Å². The molecule has 2 aromatic rings. The minimum Gasteiger partial charge on any atom is -0.463 e. The van der Waals surface area contributed by atoms with E-state index >= 15 is 0 Å². The van der Waals surface area contributed by atoms with Crippen molar-refractivity contribution in [2.75, 3.05) is 13.2 Å². The monoisotopic (exact) mass is 624 g/mol. The van der Waals surface area contributed by atoms with Gasteiger partial charge in [-0.3, -0.25) is 4.79 Å². The normalized spacial score (nSPS) is 23.9. The fraction of sp³-hybridized carbons (Fsp3) is 0.658. The first-order chi connectivity index (χ1) is 22.0. The summed E-state index contributed by atoms with van der Waals surface area (Å²) in [5.74, 6) is 0.542. The van der Waals surface area contributed by atoms with Crippen LogP contribution in [0.3, 0.4) is 0 Å². The summed E-state index contributed by atoms with van der Waals surface area (Å²) >= 11 is 0. The number of aliphatic hydroxyl groups is 1. The molecule has 0 amide bonds. The molecule has 0 saturated carbocycles. The Labute approximate surface area is 270 Å². The van der Waals surface area contributed by atoms with Gasteiger partial charge in [-0.1, -0.05) is 152 Å². The summed E-state index contributed by atoms with van der Waals surface area (Å²) < 4.78 is 30.3. The van der Waals surface area contributed by atoms with Gasteiger partial charge in [0.1, 0.15) is 31.0 Å². The molecule has 0 spiro atoms. The predicted molar refractivity (Wildman–Crippen MR) is 175 cm³/mol. The smallest absolute Gasteiger partial charge is 0.305 e. The van der Waals surface area contributed by atoms with E-state index in [-0.39, 0.29) is 12.6 Å². The third kappa shape index (κ3) is 12.4. The van der Waals surface area contributed by atoms with Gasteiger partial charge in [0.05, 0.1) is 6.61 Å². The Morgan fingerprint density at radius 3 is 1.84 bits per heavy atom. The molecule has 6 unspecified atom stereocenters. The number of carbonyl (C=O) groups excluding carboxylic acids is 1. The van der Waals surface area contributed by atoms with Crippen molar-refractivity contribution in [2.45, 2.75) is 141 Å². The summed E-state index contributed by atoms with van der Waals surface area (Å²) in [6, 6.07) is 19.3. The number of rotatable bonds is 20. The van der Waals surface area contributed by atoms with E-state index in [1.807, 2.05) is 60.7 Å². The van der Waals surface area contributed by atoms with Crippen LogP contribution in [-0.4, -0.2) is 48.7 Å². The molecule has 7 heteroatoms. The van der Waals surface area contributed by atoms with E-state index in [4.69, 9.17) is 23.7 Å². The quantitative estimate of drug-likeness (QED) is 0.117. The number of hydrogen-bond donors (Lipinski definition) is 1. The third-order valence-corrected chi connectivity index (χ3v) is 8.81. The lowest BCUT2D eigenvalue weighted by molar-refractivity contribution is -0.373. The van der Waals surface area contributed by atoms with Crippen molar-refractivity contribution in [1.82, 2.24) is 0 Å². The van der Waals surface area contributed by atoms with Crippen LogP contribution in [0.15, 0.2) is 60.7 Å². The summed E-state index contributed by atoms with van der Waals surface area (Å²) in [6.45, 7) is 4.74. The second-order valence-corrected chi connectivity index (χ2v) is 13.1. The lowest BCUT2D eigenvalue weighted by Gasteiger charge is -2.47. The standard InChI is InChI=1S/C38H56O7/c1-29(2)21-15-11-9-7-5-3-4-6-8-10-12-20-26-34(40)41-27-32(39)35-36-33(43-38(44-35)31-24-18-14-19-25-31)28-42-37(45-36)30-22-16-13-17-23-30/h13-14,16-19,22-25,29,32-33,35-39H,3-12,15,20-21,26-28H2,1-2H3. The molecule has 7 nitrogen and oxygen atoms in total. The minimum atomic E-state index is -1.08. The summed E-state index contributed by atoms with van der Waals surface area (Å²) in [4.78, 5) is 12.5. The molecule has 0 aromatic heterocycles. The van der Waals surface area contributed by atoms with Gasteiger partial charge in [0.2, 0.25) is 0 Å². The van der Waals surface area contributed by atoms with Gasteiger partial charge in [0.25, 0.3) is 0 Å². The van der Waals surface area contributed by atoms with Crippen LogP contribution in [-0.2, 0) is 28.5 Å². The number of hydrogen-bond acceptors (Lipinski definition) is 7. The van der Waals surface area contributed by atoms with Gasteiger partial charge >= 0.3 is 5.97 Å². The lowest BCUT2D eigenvalue weighted by Crippen LogP contribution is -2.58. The Morgan fingerprint density at radius 2 is 1.27 bits per heavy atom. The van der Waals surface area contributed by atoms with Crippen molar-refractivity contribution in [3.63, 3.8) is 0 Å². The SMILES string of the molecule is CC(C)CCCCCCCCCCCCCCC(=O)OCC(O)C1OC(c2ccccc2)OC2COC(c3ccccc3)OC21. The van der Waals surface area contributed by atoms with E-state index in [2.05, 4.69) is 13.8 Å². The van der Waals surface area contributed by atoms with Gasteiger partial charge in [0, 0.05) is 17.5 Å². The number of aliphatic hydroxyl groups excluding tert-OH is 1. The largest absolute Gasteiger partial charge is 0.463 e. The molecule has 4 rings (SSSR count). The lowest BCUT2D eigenvalue weighted by atomic mass is 9.99. The molecule has 2 heterocycles. The number of fused-ring (bicyclic) bond motifs is 1. The Morgan fingerprint density at radius 1 is 0.733 bits per heavy atom. The fourth-order valence-electron chi connectivity index (χ4n) is 6.16. The van der Waals surface area contributed by atoms with E-state index in [0.29, 0.717) is 13.0 Å². The summed E-state index contributed by atoms with van der Waals surface area (Å²) in [6.07, 6.45) is 12.6. The molecular weight excluding hydrogens is 568 g/mol. The maximum atomic E-state index is 12.5. The molecule has 2 fully saturated rings. The maximum Gasteiger partial charge on any atom is 0.305 e. The zero-order chi connectivity index (χ0) is 31.7. The second-order valence-electron chi connectivity index (χ2n) is 13.1. The van der Waals surface area contributed by atoms with Crippen molar-refractivity contribution >= 4 is 5.97 Å². The molecule has 2 aliphatic heterocycles. The molecule has 1 N–H and O–H groups in total. The molecule has 0 bridgehead atoms. The molecule has 2 aromatic carbocycles. The summed E-state index contributed by atoms with van der Waals surface area (Å²) in [7, 11) is 0. The van der Waals surface area contributed by atoms with Gasteiger partial charge < -0.3 is 28.8 Å². The molecule has 2 saturated heterocycles. The molecule has 0 radical (unpaired) electrons. The number of benzene rings is 2. The van der Waals surface area contributed by atoms with Crippen LogP contribution < -0.4 is 0 Å². The first-order valence-corrected chi connectivity index (χ1v) is 17.5. The van der Waals surface area contributed by atoms with Gasteiger partial charge in [-0.25, -0.2) is 0 Å². The molecular formula is C38H56O7. The minimum absolute atomic E-state index is 0.161. The number of unbranched alkanes of at least 4 members (excludes halogenated alkanes) is 11. The van der Waals surface area contributed by atoms with Gasteiger partial charge in [-0.05, 0) is 12.3 Å². The van der Waals surface area contributed by atoms with E-state index < -0.39 is 37.0 Å². The highest BCUT2D eigenvalue weighted by Gasteiger charge is 2.48. The van der Waals surface area contributed by atoms with Crippen molar-refractivity contribution < 1.29 is 33.6 Å². The van der Waals surface area contributed by atoms with Crippen molar-refractivity contribution in [2.24, 2.45) is 5.92 Å². The third-order valence-electron chi connectivity index (χ3n) is 8.81. The van der Waals surface area contributed by atoms with E-state index in [0.717, 1.165) is 36.3 Å². The number of ether oxygens (including phenoxy) is 5. The molecule has 45 heavy (non-hydrogen) atoms. The first kappa shape index (κ1) is 35.6. The van der Waals surface area contributed by atoms with E-state index in [1.165, 1.54) is 64.2 Å². The number of esters is 1. The summed E-state index contributed by atoms with van der Waals surface area (Å²) in [5, 5.41) is 11.2. The molecule has 250 valence electrons. The highest BCUT2D eigenvalue weighted by atomic mass is 16.8. The van der Waals surface area contributed by atoms with Gasteiger partial charge in [0.15, 0.2) is 12.6 Å². The predicted octanol–water partition coefficient (Wildman–Crippen LogP) is 8.60. The fourth-order valence-corrected chi connectivity index (χ4v) is 6.16. The van der Waals surface area contributed by atoms with Crippen molar-refractivity contribution in [1.29, 1.82) is 0 Å². The van der Waals surface area contributed by atoms with Crippen LogP contribution in [0.4, 0.5) is 0 Å². The van der Waals surface area contributed by atoms with Gasteiger partial charge in [-0.2, -0.15) is 0 Å². The van der Waals surface area contributed by atoms with Crippen LogP contribution in [0.1, 0.15) is 127 Å². The molecule has 2 aliphatic rings.